The van der Waals surface area contributed by atoms with Gasteiger partial charge in [-0.1, -0.05) is 36.4 Å². The van der Waals surface area contributed by atoms with Crippen molar-refractivity contribution in [2.24, 2.45) is 0 Å². The van der Waals surface area contributed by atoms with Gasteiger partial charge in [0.25, 0.3) is 5.91 Å². The fourth-order valence-corrected chi connectivity index (χ4v) is 2.18. The summed E-state index contributed by atoms with van der Waals surface area (Å²) in [6, 6.07) is 18.0. The Morgan fingerprint density at radius 3 is 2.65 bits per heavy atom. The van der Waals surface area contributed by atoms with E-state index >= 15 is 0 Å². The van der Waals surface area contributed by atoms with E-state index in [-0.39, 0.29) is 12.5 Å². The number of fused-ring (bicyclic) bond motifs is 1. The average Bonchev–Trinajstić information content (AvgIpc) is 2.60. The molecule has 5 heteroatoms. The van der Waals surface area contributed by atoms with Crippen molar-refractivity contribution in [1.29, 1.82) is 0 Å². The highest BCUT2D eigenvalue weighted by Crippen LogP contribution is 2.23. The van der Waals surface area contributed by atoms with Crippen LogP contribution in [0.3, 0.4) is 0 Å². The van der Waals surface area contributed by atoms with Crippen LogP contribution in [0, 0.1) is 0 Å². The first-order valence-corrected chi connectivity index (χ1v) is 7.09. The van der Waals surface area contributed by atoms with Crippen LogP contribution in [0.15, 0.2) is 60.7 Å². The molecule has 0 unspecified atom stereocenters. The van der Waals surface area contributed by atoms with E-state index in [1.165, 1.54) is 0 Å². The second-order valence-electron chi connectivity index (χ2n) is 4.88. The van der Waals surface area contributed by atoms with Gasteiger partial charge in [-0.2, -0.15) is 0 Å². The number of carbonyl (C=O) groups is 2. The molecular formula is C18H14N2O3. The highest BCUT2D eigenvalue weighted by atomic mass is 16.5. The Morgan fingerprint density at radius 2 is 1.87 bits per heavy atom. The van der Waals surface area contributed by atoms with E-state index in [2.05, 4.69) is 10.3 Å². The number of para-hydroxylation sites is 2. The Labute approximate surface area is 132 Å². The maximum atomic E-state index is 11.9. The van der Waals surface area contributed by atoms with E-state index in [9.17, 15) is 9.59 Å². The first kappa shape index (κ1) is 14.7. The van der Waals surface area contributed by atoms with Gasteiger partial charge in [-0.25, -0.2) is 4.98 Å². The predicted octanol–water partition coefficient (Wildman–Crippen LogP) is 3.06. The van der Waals surface area contributed by atoms with Crippen molar-refractivity contribution in [1.82, 2.24) is 4.98 Å². The summed E-state index contributed by atoms with van der Waals surface area (Å²) in [6.45, 7) is -0.138. The molecule has 5 nitrogen and oxygen atoms in total. The summed E-state index contributed by atoms with van der Waals surface area (Å²) in [5.74, 6) is 0.203. The molecule has 0 aliphatic rings. The number of ether oxygens (including phenoxy) is 1. The zero-order valence-electron chi connectivity index (χ0n) is 12.2. The first-order valence-electron chi connectivity index (χ1n) is 7.09. The second-order valence-corrected chi connectivity index (χ2v) is 4.88. The lowest BCUT2D eigenvalue weighted by atomic mass is 10.2. The maximum Gasteiger partial charge on any atom is 0.262 e. The van der Waals surface area contributed by atoms with Crippen LogP contribution in [0.2, 0.25) is 0 Å². The Kier molecular flexibility index (Phi) is 4.29. The summed E-state index contributed by atoms with van der Waals surface area (Å²) in [5.41, 5.74) is 1.59. The third-order valence-electron chi connectivity index (χ3n) is 3.24. The van der Waals surface area contributed by atoms with Gasteiger partial charge in [-0.3, -0.25) is 9.59 Å². The summed E-state index contributed by atoms with van der Waals surface area (Å²) in [7, 11) is 0. The van der Waals surface area contributed by atoms with E-state index in [0.29, 0.717) is 28.9 Å². The Morgan fingerprint density at radius 1 is 1.04 bits per heavy atom. The van der Waals surface area contributed by atoms with Crippen LogP contribution in [0.25, 0.3) is 10.9 Å². The van der Waals surface area contributed by atoms with Gasteiger partial charge in [0.05, 0.1) is 0 Å². The van der Waals surface area contributed by atoms with Crippen LogP contribution in [0.1, 0.15) is 10.5 Å². The number of carbonyl (C=O) groups excluding carboxylic acids is 2. The molecule has 2 aromatic carbocycles. The van der Waals surface area contributed by atoms with Gasteiger partial charge in [0.1, 0.15) is 17.0 Å². The lowest BCUT2D eigenvalue weighted by molar-refractivity contribution is -0.118. The standard InChI is InChI=1S/C18H14N2O3/c21-11-15-10-9-13-5-4-8-16(18(13)20-15)23-12-17(22)19-14-6-2-1-3-7-14/h1-11H,12H2,(H,19,22). The fourth-order valence-electron chi connectivity index (χ4n) is 2.18. The molecule has 3 rings (SSSR count). The minimum Gasteiger partial charge on any atom is -0.481 e. The van der Waals surface area contributed by atoms with Gasteiger partial charge in [0.2, 0.25) is 0 Å². The third-order valence-corrected chi connectivity index (χ3v) is 3.24. The van der Waals surface area contributed by atoms with E-state index < -0.39 is 0 Å². The maximum absolute atomic E-state index is 11.9. The number of aromatic nitrogens is 1. The van der Waals surface area contributed by atoms with E-state index in [1.54, 1.807) is 30.3 Å². The quantitative estimate of drug-likeness (QED) is 0.736. The summed E-state index contributed by atoms with van der Waals surface area (Å²) in [6.07, 6.45) is 0.679. The summed E-state index contributed by atoms with van der Waals surface area (Å²) >= 11 is 0. The van der Waals surface area contributed by atoms with Gasteiger partial charge in [0.15, 0.2) is 12.9 Å². The van der Waals surface area contributed by atoms with E-state index in [1.807, 2.05) is 30.3 Å². The first-order chi connectivity index (χ1) is 11.3. The molecule has 0 saturated carbocycles. The smallest absolute Gasteiger partial charge is 0.262 e. The Hall–Kier alpha value is -3.21. The Bertz CT molecular complexity index is 847. The molecular weight excluding hydrogens is 292 g/mol. The van der Waals surface area contributed by atoms with Crippen LogP contribution >= 0.6 is 0 Å². The van der Waals surface area contributed by atoms with Crippen molar-refractivity contribution in [3.05, 3.63) is 66.4 Å². The Balaban J connectivity index is 1.74. The molecule has 0 fully saturated rings. The van der Waals surface area contributed by atoms with Crippen LogP contribution < -0.4 is 10.1 Å². The molecule has 1 N–H and O–H groups in total. The molecule has 3 aromatic rings. The number of nitrogens with one attached hydrogen (secondary N) is 1. The molecule has 1 amide bonds. The molecule has 0 aliphatic heterocycles. The average molecular weight is 306 g/mol. The third kappa shape index (κ3) is 3.52. The predicted molar refractivity (Wildman–Crippen MR) is 87.7 cm³/mol. The highest BCUT2D eigenvalue weighted by Gasteiger charge is 2.08. The van der Waals surface area contributed by atoms with Crippen LogP contribution in [0.4, 0.5) is 5.69 Å². The molecule has 0 radical (unpaired) electrons. The van der Waals surface area contributed by atoms with Crippen LogP contribution in [-0.4, -0.2) is 23.8 Å². The number of nitrogens with zero attached hydrogens (tertiary/aromatic N) is 1. The number of benzene rings is 2. The number of anilines is 1. The van der Waals surface area contributed by atoms with Gasteiger partial charge in [-0.15, -0.1) is 0 Å². The van der Waals surface area contributed by atoms with Crippen molar-refractivity contribution in [2.75, 3.05) is 11.9 Å². The van der Waals surface area contributed by atoms with Crippen molar-refractivity contribution in [3.8, 4) is 5.75 Å². The van der Waals surface area contributed by atoms with Gasteiger partial charge >= 0.3 is 0 Å². The lowest BCUT2D eigenvalue weighted by Gasteiger charge is -2.09. The zero-order chi connectivity index (χ0) is 16.1. The van der Waals surface area contributed by atoms with Crippen molar-refractivity contribution in [2.45, 2.75) is 0 Å². The minimum atomic E-state index is -0.264. The summed E-state index contributed by atoms with van der Waals surface area (Å²) < 4.78 is 5.56. The lowest BCUT2D eigenvalue weighted by Crippen LogP contribution is -2.20. The number of hydrogen-bond donors (Lipinski definition) is 1. The zero-order valence-corrected chi connectivity index (χ0v) is 12.2. The molecule has 0 atom stereocenters. The summed E-state index contributed by atoms with van der Waals surface area (Å²) in [4.78, 5) is 27.0. The molecule has 0 spiro atoms. The molecule has 114 valence electrons. The largest absolute Gasteiger partial charge is 0.481 e. The molecule has 1 aromatic heterocycles. The van der Waals surface area contributed by atoms with Crippen LogP contribution in [-0.2, 0) is 4.79 Å². The van der Waals surface area contributed by atoms with Gasteiger partial charge in [-0.05, 0) is 24.3 Å². The normalized spacial score (nSPS) is 10.3. The van der Waals surface area contributed by atoms with Crippen molar-refractivity contribution in [3.63, 3.8) is 0 Å². The number of aldehydes is 1. The molecule has 0 bridgehead atoms. The second kappa shape index (κ2) is 6.70. The topological polar surface area (TPSA) is 68.3 Å². The molecule has 1 heterocycles. The highest BCUT2D eigenvalue weighted by molar-refractivity contribution is 5.92. The fraction of sp³-hybridized carbons (Fsp3) is 0.0556. The SMILES string of the molecule is O=Cc1ccc2cccc(OCC(=O)Nc3ccccc3)c2n1. The molecule has 23 heavy (non-hydrogen) atoms. The summed E-state index contributed by atoms with van der Waals surface area (Å²) in [5, 5.41) is 3.59. The monoisotopic (exact) mass is 306 g/mol. The van der Waals surface area contributed by atoms with Crippen LogP contribution in [0.5, 0.6) is 5.75 Å². The number of pyridine rings is 1. The minimum absolute atomic E-state index is 0.138. The number of hydrogen-bond acceptors (Lipinski definition) is 4. The molecule has 0 saturated heterocycles. The van der Waals surface area contributed by atoms with Gasteiger partial charge < -0.3 is 10.1 Å². The van der Waals surface area contributed by atoms with E-state index in [4.69, 9.17) is 4.74 Å². The molecule has 0 aliphatic carbocycles. The van der Waals surface area contributed by atoms with E-state index in [0.717, 1.165) is 5.39 Å². The number of rotatable bonds is 5. The van der Waals surface area contributed by atoms with Crippen molar-refractivity contribution >= 4 is 28.8 Å². The van der Waals surface area contributed by atoms with Gasteiger partial charge in [0, 0.05) is 11.1 Å². The number of amides is 1. The van der Waals surface area contributed by atoms with Crippen molar-refractivity contribution < 1.29 is 14.3 Å².